The number of fused-ring (bicyclic) bond motifs is 2. The lowest BCUT2D eigenvalue weighted by molar-refractivity contribution is 0.0357. The number of rotatable bonds is 10. The molecular weight excluding hydrogens is 585 g/mol. The highest BCUT2D eigenvalue weighted by molar-refractivity contribution is 6.31. The fourth-order valence-corrected chi connectivity index (χ4v) is 5.44. The van der Waals surface area contributed by atoms with E-state index in [1.54, 1.807) is 80.0 Å². The SMILES string of the molecule is COc1cc2c(Oc3ccc4c(C(=O)Nc5cccc(Cl)c5)cccc4c3F)ccnc2cc1OCCCN1CCOCC1. The zero-order chi connectivity index (χ0) is 30.5. The van der Waals surface area contributed by atoms with Gasteiger partial charge in [0.15, 0.2) is 23.1 Å². The van der Waals surface area contributed by atoms with E-state index in [-0.39, 0.29) is 17.0 Å². The number of benzene rings is 4. The largest absolute Gasteiger partial charge is 0.493 e. The molecule has 1 aromatic heterocycles. The van der Waals surface area contributed by atoms with Crippen molar-refractivity contribution in [3.8, 4) is 23.0 Å². The summed E-state index contributed by atoms with van der Waals surface area (Å²) in [7, 11) is 1.57. The number of hydrogen-bond donors (Lipinski definition) is 1. The van der Waals surface area contributed by atoms with Crippen LogP contribution in [0.1, 0.15) is 16.8 Å². The summed E-state index contributed by atoms with van der Waals surface area (Å²) in [4.78, 5) is 19.9. The molecule has 0 atom stereocenters. The zero-order valence-electron chi connectivity index (χ0n) is 24.1. The number of amides is 1. The van der Waals surface area contributed by atoms with Crippen molar-refractivity contribution in [3.05, 3.63) is 95.4 Å². The summed E-state index contributed by atoms with van der Waals surface area (Å²) in [6.45, 7) is 4.86. The topological polar surface area (TPSA) is 82.2 Å². The van der Waals surface area contributed by atoms with E-state index in [0.717, 1.165) is 39.3 Å². The predicted octanol–water partition coefficient (Wildman–Crippen LogP) is 7.33. The lowest BCUT2D eigenvalue weighted by Gasteiger charge is -2.26. The molecule has 4 aromatic carbocycles. The van der Waals surface area contributed by atoms with Gasteiger partial charge < -0.3 is 24.3 Å². The van der Waals surface area contributed by atoms with Crippen LogP contribution in [-0.2, 0) is 4.74 Å². The van der Waals surface area contributed by atoms with Crippen molar-refractivity contribution in [2.45, 2.75) is 6.42 Å². The fraction of sp³-hybridized carbons (Fsp3) is 0.235. The van der Waals surface area contributed by atoms with E-state index in [9.17, 15) is 4.79 Å². The second kappa shape index (κ2) is 13.5. The third-order valence-electron chi connectivity index (χ3n) is 7.47. The molecule has 0 aliphatic carbocycles. The van der Waals surface area contributed by atoms with Gasteiger partial charge in [0.1, 0.15) is 5.75 Å². The molecule has 1 fully saturated rings. The van der Waals surface area contributed by atoms with Crippen LogP contribution in [0.5, 0.6) is 23.0 Å². The Morgan fingerprint density at radius 2 is 1.80 bits per heavy atom. The predicted molar refractivity (Wildman–Crippen MR) is 169 cm³/mol. The number of carbonyl (C=O) groups excluding carboxylic acids is 1. The molecule has 1 N–H and O–H groups in total. The summed E-state index contributed by atoms with van der Waals surface area (Å²) in [5, 5.41) is 4.66. The lowest BCUT2D eigenvalue weighted by Crippen LogP contribution is -2.37. The van der Waals surface area contributed by atoms with Crippen LogP contribution in [-0.4, -0.2) is 62.4 Å². The number of halogens is 2. The van der Waals surface area contributed by atoms with Gasteiger partial charge in [-0.15, -0.1) is 0 Å². The second-order valence-corrected chi connectivity index (χ2v) is 10.8. The van der Waals surface area contributed by atoms with Gasteiger partial charge in [0.05, 0.1) is 32.4 Å². The van der Waals surface area contributed by atoms with Gasteiger partial charge in [-0.2, -0.15) is 0 Å². The molecule has 1 aliphatic rings. The Hall–Kier alpha value is -4.44. The zero-order valence-corrected chi connectivity index (χ0v) is 24.9. The van der Waals surface area contributed by atoms with Crippen LogP contribution in [0, 0.1) is 5.82 Å². The molecule has 1 aliphatic heterocycles. The highest BCUT2D eigenvalue weighted by Gasteiger charge is 2.18. The van der Waals surface area contributed by atoms with Crippen LogP contribution in [0.4, 0.5) is 10.1 Å². The quantitative estimate of drug-likeness (QED) is 0.165. The van der Waals surface area contributed by atoms with Crippen molar-refractivity contribution in [2.75, 3.05) is 51.9 Å². The first-order valence-corrected chi connectivity index (χ1v) is 14.7. The minimum Gasteiger partial charge on any atom is -0.493 e. The average molecular weight is 616 g/mol. The highest BCUT2D eigenvalue weighted by Crippen LogP contribution is 2.39. The summed E-state index contributed by atoms with van der Waals surface area (Å²) < 4.78 is 39.0. The molecule has 1 saturated heterocycles. The highest BCUT2D eigenvalue weighted by atomic mass is 35.5. The Balaban J connectivity index is 1.22. The summed E-state index contributed by atoms with van der Waals surface area (Å²) in [6, 6.07) is 20.2. The molecule has 10 heteroatoms. The van der Waals surface area contributed by atoms with Crippen molar-refractivity contribution in [1.82, 2.24) is 9.88 Å². The van der Waals surface area contributed by atoms with Gasteiger partial charge >= 0.3 is 0 Å². The molecule has 5 aromatic rings. The van der Waals surface area contributed by atoms with Gasteiger partial charge in [0, 0.05) is 58.9 Å². The third-order valence-corrected chi connectivity index (χ3v) is 7.71. The number of nitrogens with one attached hydrogen (secondary N) is 1. The van der Waals surface area contributed by atoms with E-state index >= 15 is 4.39 Å². The Kier molecular flexibility index (Phi) is 9.07. The maximum atomic E-state index is 15.9. The van der Waals surface area contributed by atoms with Crippen LogP contribution >= 0.6 is 11.6 Å². The van der Waals surface area contributed by atoms with Crippen molar-refractivity contribution in [2.24, 2.45) is 0 Å². The normalized spacial score (nSPS) is 13.6. The number of carbonyl (C=O) groups is 1. The van der Waals surface area contributed by atoms with E-state index in [4.69, 9.17) is 30.5 Å². The number of pyridine rings is 1. The van der Waals surface area contributed by atoms with E-state index < -0.39 is 5.82 Å². The first kappa shape index (κ1) is 29.6. The monoisotopic (exact) mass is 615 g/mol. The van der Waals surface area contributed by atoms with Gasteiger partial charge in [-0.1, -0.05) is 29.8 Å². The first-order chi connectivity index (χ1) is 21.5. The molecule has 8 nitrogen and oxygen atoms in total. The number of aromatic nitrogens is 1. The van der Waals surface area contributed by atoms with Crippen LogP contribution in [0.3, 0.4) is 0 Å². The molecule has 2 heterocycles. The van der Waals surface area contributed by atoms with Crippen molar-refractivity contribution >= 4 is 44.9 Å². The van der Waals surface area contributed by atoms with Crippen LogP contribution < -0.4 is 19.5 Å². The molecule has 0 unspecified atom stereocenters. The standard InChI is InChI=1S/C34H31ClFN3O5/c1-41-31-20-27-28(21-32(31)43-16-4-13-39-14-17-42-18-15-39)37-12-11-29(27)44-30-10-9-24-25(33(30)36)7-3-8-26(24)34(40)38-23-6-2-5-22(35)19-23/h2-3,5-12,19-21H,4,13-18H2,1H3,(H,38,40). The summed E-state index contributed by atoms with van der Waals surface area (Å²) in [6.07, 6.45) is 2.46. The molecule has 0 saturated carbocycles. The maximum absolute atomic E-state index is 15.9. The number of anilines is 1. The van der Waals surface area contributed by atoms with E-state index in [2.05, 4.69) is 15.2 Å². The second-order valence-electron chi connectivity index (χ2n) is 10.3. The van der Waals surface area contributed by atoms with Crippen LogP contribution in [0.2, 0.25) is 5.02 Å². The van der Waals surface area contributed by atoms with E-state index in [1.807, 2.05) is 0 Å². The average Bonchev–Trinajstić information content (AvgIpc) is 3.04. The Labute approximate surface area is 259 Å². The smallest absolute Gasteiger partial charge is 0.256 e. The number of morpholine rings is 1. The van der Waals surface area contributed by atoms with Crippen LogP contribution in [0.15, 0.2) is 79.0 Å². The van der Waals surface area contributed by atoms with E-state index in [0.29, 0.717) is 56.4 Å². The van der Waals surface area contributed by atoms with Crippen molar-refractivity contribution < 1.29 is 28.1 Å². The molecule has 226 valence electrons. The molecule has 44 heavy (non-hydrogen) atoms. The Morgan fingerprint density at radius 1 is 0.955 bits per heavy atom. The van der Waals surface area contributed by atoms with Gasteiger partial charge in [0.2, 0.25) is 0 Å². The minimum absolute atomic E-state index is 0.0137. The van der Waals surface area contributed by atoms with E-state index in [1.165, 1.54) is 6.07 Å². The molecule has 0 bridgehead atoms. The number of nitrogens with zero attached hydrogens (tertiary/aromatic N) is 2. The van der Waals surface area contributed by atoms with Crippen LogP contribution in [0.25, 0.3) is 21.7 Å². The Bertz CT molecular complexity index is 1810. The summed E-state index contributed by atoms with van der Waals surface area (Å²) >= 11 is 6.05. The first-order valence-electron chi connectivity index (χ1n) is 14.4. The third kappa shape index (κ3) is 6.55. The number of methoxy groups -OCH3 is 1. The molecule has 0 spiro atoms. The van der Waals surface area contributed by atoms with Gasteiger partial charge in [-0.25, -0.2) is 4.39 Å². The molecule has 6 rings (SSSR count). The molecule has 1 amide bonds. The van der Waals surface area contributed by atoms with Gasteiger partial charge in [0.25, 0.3) is 5.91 Å². The fourth-order valence-electron chi connectivity index (χ4n) is 5.25. The number of hydrogen-bond acceptors (Lipinski definition) is 7. The maximum Gasteiger partial charge on any atom is 0.256 e. The lowest BCUT2D eigenvalue weighted by atomic mass is 10.0. The van der Waals surface area contributed by atoms with Gasteiger partial charge in [-0.05, 0) is 60.3 Å². The number of ether oxygens (including phenoxy) is 4. The molecular formula is C34H31ClFN3O5. The minimum atomic E-state index is -0.586. The Morgan fingerprint density at radius 3 is 2.61 bits per heavy atom. The molecule has 0 radical (unpaired) electrons. The van der Waals surface area contributed by atoms with Crippen molar-refractivity contribution in [1.29, 1.82) is 0 Å². The summed E-state index contributed by atoms with van der Waals surface area (Å²) in [5.74, 6) is 0.553. The summed E-state index contributed by atoms with van der Waals surface area (Å²) in [5.41, 5.74) is 1.48. The van der Waals surface area contributed by atoms with Crippen molar-refractivity contribution in [3.63, 3.8) is 0 Å². The van der Waals surface area contributed by atoms with Gasteiger partial charge in [-0.3, -0.25) is 14.7 Å².